The van der Waals surface area contributed by atoms with E-state index in [1.165, 1.54) is 6.42 Å². The lowest BCUT2D eigenvalue weighted by Crippen LogP contribution is -2.28. The average molecular weight is 259 g/mol. The number of benzene rings is 1. The number of hydrogen-bond donors (Lipinski definition) is 0. The molecule has 1 aromatic carbocycles. The zero-order chi connectivity index (χ0) is 11.1. The number of epoxide rings is 1. The average Bonchev–Trinajstić information content (AvgIpc) is 3.02. The smallest absolute Gasteiger partial charge is 0.138 e. The monoisotopic (exact) mass is 258 g/mol. The highest BCUT2D eigenvalue weighted by Crippen LogP contribution is 2.40. The normalized spacial score (nSPS) is 32.0. The first-order chi connectivity index (χ1) is 7.74. The first-order valence-corrected chi connectivity index (χ1v) is 6.27. The van der Waals surface area contributed by atoms with E-state index >= 15 is 0 Å². The summed E-state index contributed by atoms with van der Waals surface area (Å²) in [5.74, 6) is 0.701. The van der Waals surface area contributed by atoms with Gasteiger partial charge in [-0.25, -0.2) is 0 Å². The van der Waals surface area contributed by atoms with Crippen LogP contribution in [-0.2, 0) is 4.74 Å². The Hall–Kier alpha value is -0.440. The van der Waals surface area contributed by atoms with Gasteiger partial charge < -0.3 is 9.47 Å². The minimum absolute atomic E-state index is 0.150. The Morgan fingerprint density at radius 3 is 2.94 bits per heavy atom. The van der Waals surface area contributed by atoms with Crippen LogP contribution >= 0.6 is 23.2 Å². The van der Waals surface area contributed by atoms with Gasteiger partial charge in [0.25, 0.3) is 0 Å². The van der Waals surface area contributed by atoms with Crippen LogP contribution in [0.5, 0.6) is 5.75 Å². The van der Waals surface area contributed by atoms with E-state index in [2.05, 4.69) is 0 Å². The van der Waals surface area contributed by atoms with Crippen molar-refractivity contribution in [2.75, 3.05) is 0 Å². The molecule has 3 atom stereocenters. The minimum atomic E-state index is 0.150. The summed E-state index contributed by atoms with van der Waals surface area (Å²) in [5, 5.41) is 1.19. The first kappa shape index (κ1) is 10.7. The molecule has 1 aliphatic heterocycles. The molecular formula is C12H12Cl2O2. The van der Waals surface area contributed by atoms with Gasteiger partial charge in [-0.1, -0.05) is 23.2 Å². The highest BCUT2D eigenvalue weighted by atomic mass is 35.5. The van der Waals surface area contributed by atoms with E-state index in [1.807, 2.05) is 6.07 Å². The summed E-state index contributed by atoms with van der Waals surface area (Å²) in [5.41, 5.74) is 0. The Labute approximate surface area is 104 Å². The molecule has 1 aliphatic carbocycles. The third-order valence-electron chi connectivity index (χ3n) is 3.14. The third kappa shape index (κ3) is 2.02. The van der Waals surface area contributed by atoms with E-state index in [0.717, 1.165) is 12.8 Å². The molecule has 0 aromatic heterocycles. The van der Waals surface area contributed by atoms with Gasteiger partial charge in [-0.05, 0) is 37.5 Å². The molecule has 1 saturated heterocycles. The lowest BCUT2D eigenvalue weighted by molar-refractivity contribution is 0.148. The van der Waals surface area contributed by atoms with Crippen molar-refractivity contribution in [1.29, 1.82) is 0 Å². The molecule has 1 aromatic rings. The van der Waals surface area contributed by atoms with Crippen molar-refractivity contribution < 1.29 is 9.47 Å². The van der Waals surface area contributed by atoms with Gasteiger partial charge in [0, 0.05) is 5.02 Å². The molecule has 0 amide bonds. The molecule has 16 heavy (non-hydrogen) atoms. The second-order valence-electron chi connectivity index (χ2n) is 4.30. The van der Waals surface area contributed by atoms with Crippen molar-refractivity contribution in [3.05, 3.63) is 28.2 Å². The Balaban J connectivity index is 1.73. The number of rotatable bonds is 2. The Bertz CT molecular complexity index is 408. The van der Waals surface area contributed by atoms with Gasteiger partial charge in [0.1, 0.15) is 18.0 Å². The minimum Gasteiger partial charge on any atom is -0.486 e. The van der Waals surface area contributed by atoms with Gasteiger partial charge in [-0.2, -0.15) is 0 Å². The molecule has 0 spiro atoms. The molecule has 2 nitrogen and oxygen atoms in total. The third-order valence-corrected chi connectivity index (χ3v) is 3.67. The maximum absolute atomic E-state index is 6.06. The van der Waals surface area contributed by atoms with E-state index in [1.54, 1.807) is 12.1 Å². The summed E-state index contributed by atoms with van der Waals surface area (Å²) in [6, 6.07) is 5.31. The highest BCUT2D eigenvalue weighted by molar-refractivity contribution is 6.35. The van der Waals surface area contributed by atoms with Crippen molar-refractivity contribution in [3.63, 3.8) is 0 Å². The quantitative estimate of drug-likeness (QED) is 0.755. The molecular weight excluding hydrogens is 247 g/mol. The summed E-state index contributed by atoms with van der Waals surface area (Å²) in [6.45, 7) is 0. The number of ether oxygens (including phenoxy) is 2. The molecule has 2 aliphatic rings. The van der Waals surface area contributed by atoms with Crippen LogP contribution in [0.4, 0.5) is 0 Å². The zero-order valence-electron chi connectivity index (χ0n) is 8.66. The number of halogens is 2. The van der Waals surface area contributed by atoms with Crippen LogP contribution in [-0.4, -0.2) is 18.3 Å². The van der Waals surface area contributed by atoms with Crippen LogP contribution in [0, 0.1) is 0 Å². The summed E-state index contributed by atoms with van der Waals surface area (Å²) in [6.07, 6.45) is 4.22. The van der Waals surface area contributed by atoms with Crippen molar-refractivity contribution in [2.24, 2.45) is 0 Å². The van der Waals surface area contributed by atoms with Crippen LogP contribution in [0.1, 0.15) is 19.3 Å². The fraction of sp³-hybridized carbons (Fsp3) is 0.500. The number of hydrogen-bond acceptors (Lipinski definition) is 2. The van der Waals surface area contributed by atoms with E-state index in [4.69, 9.17) is 32.7 Å². The lowest BCUT2D eigenvalue weighted by atomic mass is 9.98. The molecule has 4 heteroatoms. The van der Waals surface area contributed by atoms with Crippen LogP contribution in [0.2, 0.25) is 10.0 Å². The molecule has 3 rings (SSSR count). The molecule has 3 unspecified atom stereocenters. The Morgan fingerprint density at radius 1 is 1.25 bits per heavy atom. The topological polar surface area (TPSA) is 21.8 Å². The molecule has 1 heterocycles. The number of fused-ring (bicyclic) bond motifs is 1. The maximum atomic E-state index is 6.06. The van der Waals surface area contributed by atoms with Crippen LogP contribution in [0.25, 0.3) is 0 Å². The SMILES string of the molecule is Clc1ccc(OC2CCCC3OC23)c(Cl)c1. The van der Waals surface area contributed by atoms with Crippen molar-refractivity contribution in [3.8, 4) is 5.75 Å². The fourth-order valence-corrected chi connectivity index (χ4v) is 2.71. The Morgan fingerprint density at radius 2 is 2.12 bits per heavy atom. The van der Waals surface area contributed by atoms with Crippen LogP contribution in [0.15, 0.2) is 18.2 Å². The molecule has 0 bridgehead atoms. The highest BCUT2D eigenvalue weighted by Gasteiger charge is 2.48. The van der Waals surface area contributed by atoms with E-state index < -0.39 is 0 Å². The predicted molar refractivity (Wildman–Crippen MR) is 63.4 cm³/mol. The molecule has 0 N–H and O–H groups in total. The van der Waals surface area contributed by atoms with Gasteiger partial charge in [0.2, 0.25) is 0 Å². The van der Waals surface area contributed by atoms with Crippen LogP contribution < -0.4 is 4.74 Å². The molecule has 86 valence electrons. The van der Waals surface area contributed by atoms with Crippen molar-refractivity contribution in [2.45, 2.75) is 37.6 Å². The van der Waals surface area contributed by atoms with Gasteiger partial charge in [-0.3, -0.25) is 0 Å². The van der Waals surface area contributed by atoms with Gasteiger partial charge in [0.15, 0.2) is 0 Å². The standard InChI is InChI=1S/C12H12Cl2O2/c13-7-4-5-9(8(14)6-7)15-10-2-1-3-11-12(10)16-11/h4-6,10-12H,1-3H2. The molecule has 0 radical (unpaired) electrons. The second kappa shape index (κ2) is 4.10. The zero-order valence-corrected chi connectivity index (χ0v) is 10.2. The summed E-state index contributed by atoms with van der Waals surface area (Å²) >= 11 is 11.9. The van der Waals surface area contributed by atoms with Crippen LogP contribution in [0.3, 0.4) is 0 Å². The van der Waals surface area contributed by atoms with E-state index in [0.29, 0.717) is 21.9 Å². The van der Waals surface area contributed by atoms with E-state index in [-0.39, 0.29) is 12.2 Å². The Kier molecular flexibility index (Phi) is 2.74. The van der Waals surface area contributed by atoms with Crippen molar-refractivity contribution >= 4 is 23.2 Å². The lowest BCUT2D eigenvalue weighted by Gasteiger charge is -2.20. The summed E-state index contributed by atoms with van der Waals surface area (Å²) in [7, 11) is 0. The fourth-order valence-electron chi connectivity index (χ4n) is 2.26. The largest absolute Gasteiger partial charge is 0.486 e. The molecule has 1 saturated carbocycles. The van der Waals surface area contributed by atoms with Gasteiger partial charge in [0.05, 0.1) is 11.1 Å². The summed E-state index contributed by atoms with van der Waals surface area (Å²) < 4.78 is 11.4. The summed E-state index contributed by atoms with van der Waals surface area (Å²) in [4.78, 5) is 0. The molecule has 2 fully saturated rings. The second-order valence-corrected chi connectivity index (χ2v) is 5.14. The van der Waals surface area contributed by atoms with E-state index in [9.17, 15) is 0 Å². The first-order valence-electron chi connectivity index (χ1n) is 5.51. The van der Waals surface area contributed by atoms with Gasteiger partial charge >= 0.3 is 0 Å². The predicted octanol–water partition coefficient (Wildman–Crippen LogP) is 3.69. The maximum Gasteiger partial charge on any atom is 0.138 e. The van der Waals surface area contributed by atoms with Crippen molar-refractivity contribution in [1.82, 2.24) is 0 Å². The van der Waals surface area contributed by atoms with Gasteiger partial charge in [-0.15, -0.1) is 0 Å².